The molecule has 1 atom stereocenters. The maximum absolute atomic E-state index is 7.62. The number of rotatable bonds is 2. The molecular weight excluding hydrogens is 134 g/mol. The number of halogens is 1. The molecule has 0 saturated carbocycles. The van der Waals surface area contributed by atoms with E-state index in [1.807, 2.05) is 4.90 Å². The van der Waals surface area contributed by atoms with Gasteiger partial charge in [-0.05, 0) is 32.8 Å². The van der Waals surface area contributed by atoms with Gasteiger partial charge in [-0.3, -0.25) is 0 Å². The summed E-state index contributed by atoms with van der Waals surface area (Å²) in [6.45, 7) is 0.817. The molecule has 0 unspecified atom stereocenters. The van der Waals surface area contributed by atoms with Crippen molar-refractivity contribution in [2.75, 3.05) is 19.4 Å². The van der Waals surface area contributed by atoms with Crippen molar-refractivity contribution < 1.29 is 5.48 Å². The average molecular weight is 152 g/mol. The van der Waals surface area contributed by atoms with Gasteiger partial charge in [-0.1, -0.05) is 0 Å². The lowest BCUT2D eigenvalue weighted by atomic mass is 10.2. The van der Waals surface area contributed by atoms with Crippen LogP contribution in [0.15, 0.2) is 0 Å². The second kappa shape index (κ2) is 3.43. The van der Waals surface area contributed by atoms with Gasteiger partial charge in [0.2, 0.25) is 0 Å². The van der Waals surface area contributed by atoms with Crippen LogP contribution in [0, 0.1) is 0 Å². The maximum Gasteiger partial charge on any atom is 0.0436 e. The third-order valence-electron chi connectivity index (χ3n) is 1.74. The Labute approximate surface area is 67.6 Å². The maximum atomic E-state index is 7.62. The standard InChI is InChI=1S/C7H14ClN/c1-9-6-2-3-7(9)4-5-8/h7H,2-6H2,1H3/t7-/m1/s1/i4D2,5D2. The number of likely N-dealkylation sites (tertiary alicyclic amines) is 1. The summed E-state index contributed by atoms with van der Waals surface area (Å²) in [7, 11) is 1.80. The van der Waals surface area contributed by atoms with Gasteiger partial charge in [-0.2, -0.15) is 0 Å². The van der Waals surface area contributed by atoms with E-state index in [-0.39, 0.29) is 0 Å². The average Bonchev–Trinajstić information content (AvgIpc) is 2.32. The first kappa shape index (κ1) is 3.59. The van der Waals surface area contributed by atoms with Crippen LogP contribution in [0.1, 0.15) is 24.7 Å². The Morgan fingerprint density at radius 2 is 2.67 bits per heavy atom. The van der Waals surface area contributed by atoms with E-state index in [1.165, 1.54) is 0 Å². The minimum absolute atomic E-state index is 0.403. The Kier molecular flexibility index (Phi) is 1.37. The predicted molar refractivity (Wildman–Crippen MR) is 41.0 cm³/mol. The van der Waals surface area contributed by atoms with Gasteiger partial charge in [-0.15, -0.1) is 11.6 Å². The number of hydrogen-bond acceptors (Lipinski definition) is 1. The van der Waals surface area contributed by atoms with E-state index < -0.39 is 18.2 Å². The van der Waals surface area contributed by atoms with Crippen molar-refractivity contribution in [1.82, 2.24) is 4.90 Å². The highest BCUT2D eigenvalue weighted by Crippen LogP contribution is 2.17. The Hall–Kier alpha value is 0.250. The van der Waals surface area contributed by atoms with E-state index in [9.17, 15) is 0 Å². The second-order valence-electron chi connectivity index (χ2n) is 2.38. The van der Waals surface area contributed by atoms with E-state index in [1.54, 1.807) is 7.05 Å². The van der Waals surface area contributed by atoms with E-state index >= 15 is 0 Å². The van der Waals surface area contributed by atoms with Gasteiger partial charge in [0.25, 0.3) is 0 Å². The molecule has 0 bridgehead atoms. The van der Waals surface area contributed by atoms with Gasteiger partial charge >= 0.3 is 0 Å². The number of nitrogens with zero attached hydrogens (tertiary/aromatic N) is 1. The van der Waals surface area contributed by atoms with Crippen molar-refractivity contribution >= 4 is 11.6 Å². The third-order valence-corrected chi connectivity index (χ3v) is 1.85. The van der Waals surface area contributed by atoms with Gasteiger partial charge in [0, 0.05) is 17.4 Å². The zero-order valence-electron chi connectivity index (χ0n) is 9.52. The summed E-state index contributed by atoms with van der Waals surface area (Å²) in [5.74, 6) is -2.30. The van der Waals surface area contributed by atoms with Crippen LogP contribution in [0.2, 0.25) is 0 Å². The van der Waals surface area contributed by atoms with E-state index in [0.717, 1.165) is 13.0 Å². The van der Waals surface area contributed by atoms with Gasteiger partial charge in [-0.25, -0.2) is 0 Å². The molecule has 1 nitrogen and oxygen atoms in total. The molecule has 1 fully saturated rings. The second-order valence-corrected chi connectivity index (χ2v) is 2.57. The molecule has 1 saturated heterocycles. The van der Waals surface area contributed by atoms with E-state index in [2.05, 4.69) is 0 Å². The summed E-state index contributed by atoms with van der Waals surface area (Å²) in [4.78, 5) is 1.83. The van der Waals surface area contributed by atoms with Gasteiger partial charge in [0.1, 0.15) is 0 Å². The highest BCUT2D eigenvalue weighted by Gasteiger charge is 2.19. The van der Waals surface area contributed by atoms with Crippen molar-refractivity contribution in [3.05, 3.63) is 0 Å². The molecule has 0 radical (unpaired) electrons. The van der Waals surface area contributed by atoms with Crippen molar-refractivity contribution in [3.8, 4) is 0 Å². The van der Waals surface area contributed by atoms with Crippen molar-refractivity contribution in [2.24, 2.45) is 0 Å². The number of alkyl halides is 1. The summed E-state index contributed by atoms with van der Waals surface area (Å²) in [5, 5.41) is 0. The van der Waals surface area contributed by atoms with Gasteiger partial charge in [0.15, 0.2) is 0 Å². The first-order chi connectivity index (χ1) is 5.77. The highest BCUT2D eigenvalue weighted by molar-refractivity contribution is 6.17. The largest absolute Gasteiger partial charge is 0.303 e. The lowest BCUT2D eigenvalue weighted by Crippen LogP contribution is -2.24. The molecule has 0 aromatic carbocycles. The molecule has 1 aliphatic rings. The molecule has 0 aliphatic carbocycles. The Balaban J connectivity index is 2.80. The van der Waals surface area contributed by atoms with Gasteiger partial charge in [0.05, 0.1) is 0 Å². The topological polar surface area (TPSA) is 3.24 Å². The van der Waals surface area contributed by atoms with Crippen LogP contribution < -0.4 is 0 Å². The quantitative estimate of drug-likeness (QED) is 0.544. The zero-order valence-corrected chi connectivity index (χ0v) is 6.28. The third kappa shape index (κ3) is 1.84. The molecule has 1 aliphatic heterocycles. The molecule has 9 heavy (non-hydrogen) atoms. The first-order valence-corrected chi connectivity index (χ1v) is 3.54. The normalized spacial score (nSPS) is 39.1. The van der Waals surface area contributed by atoms with Crippen LogP contribution in [-0.4, -0.2) is 30.4 Å². The molecule has 2 heteroatoms. The van der Waals surface area contributed by atoms with Crippen LogP contribution >= 0.6 is 11.6 Å². The molecule has 1 rings (SSSR count). The fourth-order valence-corrected chi connectivity index (χ4v) is 1.28. The van der Waals surface area contributed by atoms with Crippen molar-refractivity contribution in [3.63, 3.8) is 0 Å². The summed E-state index contributed by atoms with van der Waals surface area (Å²) >= 11 is 5.40. The molecular formula is C7H14ClN. The molecule has 0 spiro atoms. The zero-order chi connectivity index (χ0) is 10.3. The van der Waals surface area contributed by atoms with Crippen LogP contribution in [0.5, 0.6) is 0 Å². The Morgan fingerprint density at radius 1 is 1.89 bits per heavy atom. The molecule has 0 aromatic rings. The Bertz CT molecular complexity index is 191. The number of hydrogen-bond donors (Lipinski definition) is 0. The monoisotopic (exact) mass is 151 g/mol. The predicted octanol–water partition coefficient (Wildman–Crippen LogP) is 1.71. The first-order valence-electron chi connectivity index (χ1n) is 5.16. The van der Waals surface area contributed by atoms with Gasteiger partial charge < -0.3 is 4.90 Å². The SMILES string of the molecule is [2H]C([2H])(Cl)C([2H])([2H])[C@H]1CCCN1C. The fraction of sp³-hybridized carbons (Fsp3) is 1.00. The lowest BCUT2D eigenvalue weighted by molar-refractivity contribution is 0.305. The lowest BCUT2D eigenvalue weighted by Gasteiger charge is -2.17. The van der Waals surface area contributed by atoms with Crippen molar-refractivity contribution in [1.29, 1.82) is 0 Å². The summed E-state index contributed by atoms with van der Waals surface area (Å²) in [5.41, 5.74) is 0. The molecule has 54 valence electrons. The highest BCUT2D eigenvalue weighted by atomic mass is 35.5. The Morgan fingerprint density at radius 3 is 3.11 bits per heavy atom. The van der Waals surface area contributed by atoms with Crippen LogP contribution in [-0.2, 0) is 0 Å². The van der Waals surface area contributed by atoms with E-state index in [0.29, 0.717) is 6.42 Å². The van der Waals surface area contributed by atoms with Crippen LogP contribution in [0.3, 0.4) is 0 Å². The molecule has 0 amide bonds. The summed E-state index contributed by atoms with van der Waals surface area (Å²) in [6, 6.07) is -0.403. The van der Waals surface area contributed by atoms with Crippen LogP contribution in [0.25, 0.3) is 0 Å². The smallest absolute Gasteiger partial charge is 0.0436 e. The molecule has 1 heterocycles. The minimum Gasteiger partial charge on any atom is -0.303 e. The summed E-state index contributed by atoms with van der Waals surface area (Å²) in [6.07, 6.45) is -0.400. The van der Waals surface area contributed by atoms with Crippen molar-refractivity contribution in [2.45, 2.75) is 25.3 Å². The van der Waals surface area contributed by atoms with E-state index in [4.69, 9.17) is 17.1 Å². The molecule has 0 aromatic heterocycles. The fourth-order valence-electron chi connectivity index (χ4n) is 1.16. The van der Waals surface area contributed by atoms with Crippen LogP contribution in [0.4, 0.5) is 0 Å². The molecule has 0 N–H and O–H groups in total. The summed E-state index contributed by atoms with van der Waals surface area (Å²) < 4.78 is 29.7. The minimum atomic E-state index is -2.30.